The summed E-state index contributed by atoms with van der Waals surface area (Å²) < 4.78 is 0. The highest BCUT2D eigenvalue weighted by Crippen LogP contribution is 1.52. The van der Waals surface area contributed by atoms with E-state index in [0.717, 1.165) is 0 Å². The van der Waals surface area contributed by atoms with Gasteiger partial charge in [-0.15, -0.1) is 0 Å². The maximum absolute atomic E-state index is 6.79. The lowest BCUT2D eigenvalue weighted by molar-refractivity contribution is 0.912. The highest BCUT2D eigenvalue weighted by molar-refractivity contribution is 5.95. The van der Waals surface area contributed by atoms with Crippen molar-refractivity contribution in [3.63, 3.8) is 0 Å². The van der Waals surface area contributed by atoms with Crippen LogP contribution in [0.15, 0.2) is 0 Å². The number of rotatable bonds is 0. The number of hydrogen-bond acceptors (Lipinski definition) is 4. The van der Waals surface area contributed by atoms with Gasteiger partial charge in [-0.3, -0.25) is 27.0 Å². The Hall–Kier alpha value is -1.34. The molecule has 0 aromatic rings. The second-order valence-electron chi connectivity index (χ2n) is 1.16. The summed E-state index contributed by atoms with van der Waals surface area (Å²) in [5.74, 6) is 9.15. The predicted molar refractivity (Wildman–Crippen MR) is 33.2 cm³/mol. The van der Waals surface area contributed by atoms with E-state index in [1.165, 1.54) is 0 Å². The molecule has 0 radical (unpaired) electrons. The number of guanidine groups is 2. The van der Waals surface area contributed by atoms with Crippen LogP contribution in [-0.4, -0.2) is 11.9 Å². The van der Waals surface area contributed by atoms with Crippen molar-refractivity contribution >= 4 is 11.9 Å². The first-order valence-corrected chi connectivity index (χ1v) is 2.08. The smallest absolute Gasteiger partial charge is 0.209 e. The number of hydrogen-bond donors (Lipinski definition) is 7. The van der Waals surface area contributed by atoms with Gasteiger partial charge < -0.3 is 0 Å². The van der Waals surface area contributed by atoms with Gasteiger partial charge in [-0.2, -0.15) is 0 Å². The van der Waals surface area contributed by atoms with E-state index in [2.05, 4.69) is 5.32 Å². The number of nitrogens with two attached hydrogens (primary N) is 2. The zero-order chi connectivity index (χ0) is 7.28. The molecule has 9 heavy (non-hydrogen) atoms. The first kappa shape index (κ1) is 7.66. The zero-order valence-electron chi connectivity index (χ0n) is 4.65. The summed E-state index contributed by atoms with van der Waals surface area (Å²) in [6.07, 6.45) is 0. The van der Waals surface area contributed by atoms with Crippen molar-refractivity contribution in [3.05, 3.63) is 0 Å². The molecule has 0 aliphatic heterocycles. The topological polar surface area (TPSA) is 136 Å². The van der Waals surface area contributed by atoms with Crippen molar-refractivity contribution < 1.29 is 0 Å². The molecule has 0 unspecified atom stereocenters. The molecule has 52 valence electrons. The van der Waals surface area contributed by atoms with E-state index in [1.807, 2.05) is 10.9 Å². The minimum absolute atomic E-state index is 0.196. The van der Waals surface area contributed by atoms with Gasteiger partial charge in [0.1, 0.15) is 0 Å². The summed E-state index contributed by atoms with van der Waals surface area (Å²) in [6, 6.07) is 0. The lowest BCUT2D eigenvalue weighted by Gasteiger charge is -2.05. The van der Waals surface area contributed by atoms with Crippen molar-refractivity contribution in [3.8, 4) is 0 Å². The van der Waals surface area contributed by atoms with Gasteiger partial charge in [0.05, 0.1) is 0 Å². The molecular weight excluding hydrogens is 122 g/mol. The van der Waals surface area contributed by atoms with Crippen LogP contribution in [0.25, 0.3) is 0 Å². The molecule has 0 aromatic heterocycles. The molecule has 0 heterocycles. The van der Waals surface area contributed by atoms with Crippen LogP contribution in [0.2, 0.25) is 0 Å². The molecule has 0 rings (SSSR count). The normalized spacial score (nSPS) is 7.78. The third-order valence-electron chi connectivity index (χ3n) is 0.539. The van der Waals surface area contributed by atoms with Crippen molar-refractivity contribution in [1.29, 1.82) is 10.8 Å². The monoisotopic (exact) mass is 131 g/mol. The predicted octanol–water partition coefficient (Wildman–Crippen LogP) is -2.63. The quantitative estimate of drug-likeness (QED) is 0.0835. The van der Waals surface area contributed by atoms with Gasteiger partial charge in [-0.05, 0) is 0 Å². The highest BCUT2D eigenvalue weighted by Gasteiger charge is 1.92. The Balaban J connectivity index is 3.47. The molecule has 7 heteroatoms. The Morgan fingerprint density at radius 2 is 1.33 bits per heavy atom. The van der Waals surface area contributed by atoms with E-state index in [1.54, 1.807) is 0 Å². The van der Waals surface area contributed by atoms with Gasteiger partial charge in [0.15, 0.2) is 0 Å². The van der Waals surface area contributed by atoms with Crippen molar-refractivity contribution in [2.45, 2.75) is 0 Å². The number of nitrogens with one attached hydrogen (secondary N) is 5. The van der Waals surface area contributed by atoms with Crippen LogP contribution in [0.5, 0.6) is 0 Å². The van der Waals surface area contributed by atoms with Gasteiger partial charge in [0.25, 0.3) is 0 Å². The van der Waals surface area contributed by atoms with Crippen LogP contribution in [0.3, 0.4) is 0 Å². The second-order valence-corrected chi connectivity index (χ2v) is 1.16. The van der Waals surface area contributed by atoms with Gasteiger partial charge in [-0.1, -0.05) is 0 Å². The molecule has 0 aromatic carbocycles. The molecule has 0 bridgehead atoms. The molecule has 0 spiro atoms. The number of hydrazine groups is 2. The SMILES string of the molecule is N=C(NN)NC(=N)NN. The molecular formula is C2H9N7. The molecule has 0 aliphatic rings. The molecule has 0 saturated carbocycles. The van der Waals surface area contributed by atoms with E-state index in [9.17, 15) is 0 Å². The Bertz CT molecular complexity index is 102. The van der Waals surface area contributed by atoms with E-state index < -0.39 is 0 Å². The summed E-state index contributed by atoms with van der Waals surface area (Å²) in [4.78, 5) is 0. The van der Waals surface area contributed by atoms with Crippen molar-refractivity contribution in [1.82, 2.24) is 16.2 Å². The summed E-state index contributed by atoms with van der Waals surface area (Å²) in [7, 11) is 0. The van der Waals surface area contributed by atoms with Gasteiger partial charge >= 0.3 is 0 Å². The second kappa shape index (κ2) is 3.64. The Labute approximate surface area is 51.7 Å². The lowest BCUT2D eigenvalue weighted by Crippen LogP contribution is -2.49. The first-order chi connectivity index (χ1) is 4.20. The van der Waals surface area contributed by atoms with Crippen LogP contribution in [0.1, 0.15) is 0 Å². The molecule has 7 nitrogen and oxygen atoms in total. The average molecular weight is 131 g/mol. The minimum atomic E-state index is -0.196. The van der Waals surface area contributed by atoms with E-state index in [4.69, 9.17) is 22.5 Å². The third kappa shape index (κ3) is 3.26. The van der Waals surface area contributed by atoms with E-state index in [0.29, 0.717) is 0 Å². The molecule has 0 saturated heterocycles. The standard InChI is InChI=1S/C2H9N7/c3-1(8-5)7-2(4)9-6/h5-6H2,(H5,3,4,7,8,9). The summed E-state index contributed by atoms with van der Waals surface area (Å²) in [5, 5.41) is 15.7. The third-order valence-corrected chi connectivity index (χ3v) is 0.539. The van der Waals surface area contributed by atoms with Crippen LogP contribution >= 0.6 is 0 Å². The van der Waals surface area contributed by atoms with Gasteiger partial charge in [-0.25, -0.2) is 11.7 Å². The fourth-order valence-electron chi connectivity index (χ4n) is 0.197. The maximum Gasteiger partial charge on any atom is 0.209 e. The lowest BCUT2D eigenvalue weighted by atomic mass is 10.9. The largest absolute Gasteiger partial charge is 0.295 e. The molecule has 9 N–H and O–H groups in total. The van der Waals surface area contributed by atoms with E-state index >= 15 is 0 Å². The van der Waals surface area contributed by atoms with Gasteiger partial charge in [0, 0.05) is 0 Å². The zero-order valence-corrected chi connectivity index (χ0v) is 4.65. The maximum atomic E-state index is 6.79. The van der Waals surface area contributed by atoms with Crippen LogP contribution in [0, 0.1) is 10.8 Å². The molecule has 0 fully saturated rings. The summed E-state index contributed by atoms with van der Waals surface area (Å²) in [6.45, 7) is 0. The first-order valence-electron chi connectivity index (χ1n) is 2.08. The van der Waals surface area contributed by atoms with Crippen molar-refractivity contribution in [2.75, 3.05) is 0 Å². The molecule has 0 aliphatic carbocycles. The van der Waals surface area contributed by atoms with Crippen LogP contribution in [0.4, 0.5) is 0 Å². The Kier molecular flexibility index (Phi) is 3.09. The Morgan fingerprint density at radius 1 is 1.00 bits per heavy atom. The average Bonchev–Trinajstić information content (AvgIpc) is 1.87. The highest BCUT2D eigenvalue weighted by atomic mass is 15.4. The fraction of sp³-hybridized carbons (Fsp3) is 0. The fourth-order valence-corrected chi connectivity index (χ4v) is 0.197. The Morgan fingerprint density at radius 3 is 1.56 bits per heavy atom. The molecule has 0 amide bonds. The van der Waals surface area contributed by atoms with Gasteiger partial charge in [0.2, 0.25) is 11.9 Å². The van der Waals surface area contributed by atoms with Crippen LogP contribution < -0.4 is 27.9 Å². The summed E-state index contributed by atoms with van der Waals surface area (Å²) >= 11 is 0. The summed E-state index contributed by atoms with van der Waals surface area (Å²) in [5.41, 5.74) is 3.93. The molecule has 0 atom stereocenters. The van der Waals surface area contributed by atoms with Crippen LogP contribution in [-0.2, 0) is 0 Å². The van der Waals surface area contributed by atoms with E-state index in [-0.39, 0.29) is 11.9 Å². The minimum Gasteiger partial charge on any atom is -0.295 e. The van der Waals surface area contributed by atoms with Crippen molar-refractivity contribution in [2.24, 2.45) is 11.7 Å².